The molecule has 0 atom stereocenters. The lowest BCUT2D eigenvalue weighted by molar-refractivity contribution is -0.113. The van der Waals surface area contributed by atoms with E-state index in [0.717, 1.165) is 12.8 Å². The van der Waals surface area contributed by atoms with Gasteiger partial charge in [0.05, 0.1) is 11.0 Å². The van der Waals surface area contributed by atoms with Gasteiger partial charge in [0.2, 0.25) is 5.91 Å². The molecule has 3 aromatic carbocycles. The van der Waals surface area contributed by atoms with Crippen molar-refractivity contribution in [1.29, 1.82) is 0 Å². The van der Waals surface area contributed by atoms with E-state index in [1.807, 2.05) is 36.4 Å². The van der Waals surface area contributed by atoms with Gasteiger partial charge in [-0.05, 0) is 48.2 Å². The van der Waals surface area contributed by atoms with Crippen molar-refractivity contribution in [3.8, 4) is 0 Å². The predicted molar refractivity (Wildman–Crippen MR) is 123 cm³/mol. The van der Waals surface area contributed by atoms with Gasteiger partial charge in [-0.2, -0.15) is 0 Å². The Morgan fingerprint density at radius 2 is 1.40 bits per heavy atom. The van der Waals surface area contributed by atoms with Crippen LogP contribution in [0.5, 0.6) is 0 Å². The summed E-state index contributed by atoms with van der Waals surface area (Å²) in [6, 6.07) is 27.8. The molecule has 4 rings (SSSR count). The van der Waals surface area contributed by atoms with Gasteiger partial charge in [0.25, 0.3) is 5.91 Å². The number of hydrogen-bond donors (Lipinski definition) is 2. The van der Waals surface area contributed by atoms with Crippen LogP contribution in [0.3, 0.4) is 0 Å². The zero-order valence-corrected chi connectivity index (χ0v) is 17.4. The predicted octanol–water partition coefficient (Wildman–Crippen LogP) is 5.04. The van der Waals surface area contributed by atoms with Crippen molar-refractivity contribution < 1.29 is 9.59 Å². The number of anilines is 1. The number of nitrogens with one attached hydrogen (secondary N) is 2. The number of carbonyl (C=O) groups is 2. The first-order valence-electron chi connectivity index (χ1n) is 10.1. The van der Waals surface area contributed by atoms with Crippen LogP contribution in [0.1, 0.15) is 39.6 Å². The molecule has 0 aliphatic heterocycles. The fourth-order valence-electron chi connectivity index (χ4n) is 3.20. The summed E-state index contributed by atoms with van der Waals surface area (Å²) in [5.74, 6) is 0.213. The van der Waals surface area contributed by atoms with Gasteiger partial charge in [-0.1, -0.05) is 60.7 Å². The maximum absolute atomic E-state index is 12.5. The summed E-state index contributed by atoms with van der Waals surface area (Å²) in [6.45, 7) is 0. The molecule has 0 spiro atoms. The van der Waals surface area contributed by atoms with Crippen LogP contribution in [0, 0.1) is 0 Å². The minimum Gasteiger partial charge on any atom is -0.349 e. The van der Waals surface area contributed by atoms with Crippen molar-refractivity contribution in [3.05, 3.63) is 102 Å². The van der Waals surface area contributed by atoms with E-state index in [0.29, 0.717) is 23.0 Å². The van der Waals surface area contributed by atoms with Crippen LogP contribution in [0.25, 0.3) is 0 Å². The highest BCUT2D eigenvalue weighted by molar-refractivity contribution is 8.00. The quantitative estimate of drug-likeness (QED) is 0.541. The van der Waals surface area contributed by atoms with E-state index in [4.69, 9.17) is 0 Å². The Labute approximate surface area is 181 Å². The van der Waals surface area contributed by atoms with E-state index in [9.17, 15) is 9.59 Å². The van der Waals surface area contributed by atoms with Crippen molar-refractivity contribution in [2.45, 2.75) is 24.1 Å². The molecule has 5 heteroatoms. The summed E-state index contributed by atoms with van der Waals surface area (Å²) in [4.78, 5) is 24.6. The second-order valence-electron chi connectivity index (χ2n) is 7.39. The number of carbonyl (C=O) groups excluding carboxylic acids is 2. The molecule has 2 amide bonds. The average molecular weight is 417 g/mol. The molecule has 0 saturated heterocycles. The van der Waals surface area contributed by atoms with Gasteiger partial charge in [-0.15, -0.1) is 11.8 Å². The highest BCUT2D eigenvalue weighted by Crippen LogP contribution is 2.35. The molecule has 152 valence electrons. The second-order valence-corrected chi connectivity index (χ2v) is 8.48. The number of hydrogen-bond acceptors (Lipinski definition) is 3. The molecule has 1 aliphatic rings. The molecule has 1 saturated carbocycles. The zero-order valence-electron chi connectivity index (χ0n) is 16.6. The summed E-state index contributed by atoms with van der Waals surface area (Å²) < 4.78 is 0. The lowest BCUT2D eigenvalue weighted by Crippen LogP contribution is -2.25. The largest absolute Gasteiger partial charge is 0.349 e. The van der Waals surface area contributed by atoms with Gasteiger partial charge in [0.1, 0.15) is 0 Å². The first-order chi connectivity index (χ1) is 14.7. The number of amides is 2. The fraction of sp³-hybridized carbons (Fsp3) is 0.200. The molecular weight excluding hydrogens is 392 g/mol. The highest BCUT2D eigenvalue weighted by Gasteiger charge is 2.23. The lowest BCUT2D eigenvalue weighted by Gasteiger charge is -2.17. The maximum atomic E-state index is 12.5. The van der Waals surface area contributed by atoms with Crippen molar-refractivity contribution >= 4 is 29.3 Å². The van der Waals surface area contributed by atoms with Crippen molar-refractivity contribution in [3.63, 3.8) is 0 Å². The van der Waals surface area contributed by atoms with E-state index >= 15 is 0 Å². The van der Waals surface area contributed by atoms with Gasteiger partial charge in [-0.3, -0.25) is 9.59 Å². The molecular formula is C25H24N2O2S. The molecule has 4 nitrogen and oxygen atoms in total. The van der Waals surface area contributed by atoms with Crippen LogP contribution in [0.2, 0.25) is 0 Å². The zero-order chi connectivity index (χ0) is 20.8. The minimum atomic E-state index is -0.0629. The molecule has 30 heavy (non-hydrogen) atoms. The van der Waals surface area contributed by atoms with E-state index < -0.39 is 0 Å². The van der Waals surface area contributed by atoms with E-state index in [2.05, 4.69) is 34.9 Å². The van der Waals surface area contributed by atoms with E-state index in [-0.39, 0.29) is 17.1 Å². The Hall–Kier alpha value is -3.05. The molecule has 0 radical (unpaired) electrons. The molecule has 3 aromatic rings. The maximum Gasteiger partial charge on any atom is 0.251 e. The number of rotatable bonds is 8. The highest BCUT2D eigenvalue weighted by atomic mass is 32.2. The van der Waals surface area contributed by atoms with Crippen LogP contribution in [-0.2, 0) is 4.79 Å². The lowest BCUT2D eigenvalue weighted by atomic mass is 10.0. The Kier molecular flexibility index (Phi) is 6.50. The first-order valence-corrected chi connectivity index (χ1v) is 11.2. The molecule has 0 unspecified atom stereocenters. The van der Waals surface area contributed by atoms with Crippen LogP contribution < -0.4 is 10.6 Å². The normalized spacial score (nSPS) is 13.1. The van der Waals surface area contributed by atoms with Crippen LogP contribution in [0.15, 0.2) is 84.9 Å². The molecule has 1 fully saturated rings. The molecule has 0 aromatic heterocycles. The Bertz CT molecular complexity index is 947. The minimum absolute atomic E-state index is 0.0560. The van der Waals surface area contributed by atoms with Gasteiger partial charge in [-0.25, -0.2) is 0 Å². The molecule has 0 heterocycles. The molecule has 1 aliphatic carbocycles. The topological polar surface area (TPSA) is 58.2 Å². The summed E-state index contributed by atoms with van der Waals surface area (Å²) in [7, 11) is 0. The summed E-state index contributed by atoms with van der Waals surface area (Å²) in [6.07, 6.45) is 2.12. The van der Waals surface area contributed by atoms with Crippen molar-refractivity contribution in [2.75, 3.05) is 11.1 Å². The smallest absolute Gasteiger partial charge is 0.251 e. The van der Waals surface area contributed by atoms with Gasteiger partial charge < -0.3 is 10.6 Å². The van der Waals surface area contributed by atoms with Crippen molar-refractivity contribution in [1.82, 2.24) is 5.32 Å². The Morgan fingerprint density at radius 3 is 1.93 bits per heavy atom. The summed E-state index contributed by atoms with van der Waals surface area (Å²) in [5.41, 5.74) is 3.65. The van der Waals surface area contributed by atoms with E-state index in [1.54, 1.807) is 36.0 Å². The van der Waals surface area contributed by atoms with Crippen LogP contribution in [-0.4, -0.2) is 23.6 Å². The van der Waals surface area contributed by atoms with Gasteiger partial charge in [0, 0.05) is 17.3 Å². The standard InChI is InChI=1S/C25H24N2O2S/c28-23(26-21-13-11-20(12-14-21)25(29)27-22-15-16-22)17-30-24(18-7-3-1-4-8-18)19-9-5-2-6-10-19/h1-14,22,24H,15-17H2,(H,26,28)(H,27,29). The summed E-state index contributed by atoms with van der Waals surface area (Å²) in [5, 5.41) is 5.98. The van der Waals surface area contributed by atoms with Crippen LogP contribution in [0.4, 0.5) is 5.69 Å². The summed E-state index contributed by atoms with van der Waals surface area (Å²) >= 11 is 1.60. The Balaban J connectivity index is 1.36. The van der Waals surface area contributed by atoms with Crippen molar-refractivity contribution in [2.24, 2.45) is 0 Å². The SMILES string of the molecule is O=C(CSC(c1ccccc1)c1ccccc1)Nc1ccc(C(=O)NC2CC2)cc1. The van der Waals surface area contributed by atoms with Crippen LogP contribution >= 0.6 is 11.8 Å². The first kappa shape index (κ1) is 20.2. The monoisotopic (exact) mass is 416 g/mol. The van der Waals surface area contributed by atoms with E-state index in [1.165, 1.54) is 11.1 Å². The Morgan fingerprint density at radius 1 is 0.833 bits per heavy atom. The fourth-order valence-corrected chi connectivity index (χ4v) is 4.29. The van der Waals surface area contributed by atoms with Gasteiger partial charge in [0.15, 0.2) is 0 Å². The third-order valence-corrected chi connectivity index (χ3v) is 6.24. The molecule has 0 bridgehead atoms. The third kappa shape index (κ3) is 5.51. The third-order valence-electron chi connectivity index (χ3n) is 4.93. The second kappa shape index (κ2) is 9.63. The van der Waals surface area contributed by atoms with Gasteiger partial charge >= 0.3 is 0 Å². The molecule has 2 N–H and O–H groups in total. The average Bonchev–Trinajstić information content (AvgIpc) is 3.60. The number of benzene rings is 3. The number of thioether (sulfide) groups is 1.